The average Bonchev–Trinajstić information content (AvgIpc) is 2.26. The van der Waals surface area contributed by atoms with Gasteiger partial charge >= 0.3 is 0 Å². The molecule has 1 heterocycles. The third kappa shape index (κ3) is 4.43. The third-order valence-corrected chi connectivity index (χ3v) is 3.87. The summed E-state index contributed by atoms with van der Waals surface area (Å²) in [5, 5.41) is 4.63. The van der Waals surface area contributed by atoms with E-state index in [4.69, 9.17) is 0 Å². The van der Waals surface area contributed by atoms with Gasteiger partial charge in [0.1, 0.15) is 0 Å². The van der Waals surface area contributed by atoms with Crippen LogP contribution in [0.3, 0.4) is 0 Å². The highest BCUT2D eigenvalue weighted by Gasteiger charge is 2.15. The average molecular weight is 229 g/mol. The zero-order valence-electron chi connectivity index (χ0n) is 10.3. The molecule has 0 aromatic heterocycles. The fourth-order valence-electron chi connectivity index (χ4n) is 1.36. The van der Waals surface area contributed by atoms with E-state index in [2.05, 4.69) is 43.2 Å². The molecule has 1 rings (SSSR count). The van der Waals surface area contributed by atoms with Crippen molar-refractivity contribution in [2.45, 2.75) is 38.8 Å². The summed E-state index contributed by atoms with van der Waals surface area (Å²) in [6, 6.07) is 1.15. The van der Waals surface area contributed by atoms with Crippen LogP contribution < -0.4 is 5.32 Å². The van der Waals surface area contributed by atoms with Crippen molar-refractivity contribution in [3.63, 3.8) is 0 Å². The molecule has 88 valence electrons. The van der Waals surface area contributed by atoms with Gasteiger partial charge in [0, 0.05) is 17.8 Å². The predicted molar refractivity (Wildman–Crippen MR) is 69.7 cm³/mol. The maximum atomic E-state index is 4.63. The van der Waals surface area contributed by atoms with Crippen molar-refractivity contribution in [1.82, 2.24) is 10.2 Å². The quantitative estimate of drug-likeness (QED) is 0.796. The summed E-state index contributed by atoms with van der Waals surface area (Å²) in [7, 11) is 4.20. The first-order valence-electron chi connectivity index (χ1n) is 5.73. The van der Waals surface area contributed by atoms with Crippen LogP contribution in [0.15, 0.2) is 4.99 Å². The lowest BCUT2D eigenvalue weighted by molar-refractivity contribution is 0.321. The first-order chi connectivity index (χ1) is 7.13. The molecule has 1 fully saturated rings. The van der Waals surface area contributed by atoms with E-state index in [9.17, 15) is 0 Å². The Hall–Kier alpha value is -0.220. The number of hydrogen-bond donors (Lipinski definition) is 1. The summed E-state index contributed by atoms with van der Waals surface area (Å²) < 4.78 is 0. The molecule has 2 unspecified atom stereocenters. The van der Waals surface area contributed by atoms with Gasteiger partial charge in [0.05, 0.1) is 6.54 Å². The zero-order valence-corrected chi connectivity index (χ0v) is 11.1. The van der Waals surface area contributed by atoms with E-state index in [1.54, 1.807) is 0 Å². The molecule has 0 aromatic carbocycles. The number of nitrogens with one attached hydrogen (secondary N) is 1. The van der Waals surface area contributed by atoms with Gasteiger partial charge in [-0.05, 0) is 33.9 Å². The van der Waals surface area contributed by atoms with Gasteiger partial charge in [-0.2, -0.15) is 0 Å². The standard InChI is InChI=1S/C11H23N3S/c1-5-10-6-7-15-11(13-10)12-8-9(2)14(3)4/h9-10H,5-8H2,1-4H3,(H,12,13). The molecular weight excluding hydrogens is 206 g/mol. The van der Waals surface area contributed by atoms with Crippen molar-refractivity contribution in [2.75, 3.05) is 26.4 Å². The summed E-state index contributed by atoms with van der Waals surface area (Å²) in [5.74, 6) is 1.21. The minimum atomic E-state index is 0.516. The molecular formula is C11H23N3S. The molecule has 0 aromatic rings. The van der Waals surface area contributed by atoms with Gasteiger partial charge in [-0.1, -0.05) is 18.7 Å². The second-order valence-electron chi connectivity index (χ2n) is 4.35. The Morgan fingerprint density at radius 2 is 2.33 bits per heavy atom. The van der Waals surface area contributed by atoms with Gasteiger partial charge in [-0.15, -0.1) is 0 Å². The Labute approximate surface area is 97.7 Å². The van der Waals surface area contributed by atoms with E-state index in [1.807, 2.05) is 11.8 Å². The predicted octanol–water partition coefficient (Wildman–Crippen LogP) is 1.80. The van der Waals surface area contributed by atoms with Crippen LogP contribution in [0, 0.1) is 0 Å². The van der Waals surface area contributed by atoms with Crippen LogP contribution >= 0.6 is 11.8 Å². The fraction of sp³-hybridized carbons (Fsp3) is 0.909. The summed E-state index contributed by atoms with van der Waals surface area (Å²) in [4.78, 5) is 6.83. The van der Waals surface area contributed by atoms with E-state index in [1.165, 1.54) is 18.6 Å². The van der Waals surface area contributed by atoms with Crippen molar-refractivity contribution in [2.24, 2.45) is 4.99 Å². The summed E-state index contributed by atoms with van der Waals surface area (Å²) in [5.41, 5.74) is 0. The smallest absolute Gasteiger partial charge is 0.156 e. The lowest BCUT2D eigenvalue weighted by Crippen LogP contribution is -2.38. The van der Waals surface area contributed by atoms with Crippen LogP contribution in [0.1, 0.15) is 26.7 Å². The van der Waals surface area contributed by atoms with E-state index < -0.39 is 0 Å². The van der Waals surface area contributed by atoms with Crippen molar-refractivity contribution >= 4 is 16.9 Å². The van der Waals surface area contributed by atoms with Crippen LogP contribution in [0.25, 0.3) is 0 Å². The topological polar surface area (TPSA) is 27.6 Å². The van der Waals surface area contributed by atoms with Gasteiger partial charge in [0.15, 0.2) is 5.17 Å². The number of likely N-dealkylation sites (N-methyl/N-ethyl adjacent to an activating group) is 1. The van der Waals surface area contributed by atoms with E-state index in [0.29, 0.717) is 12.1 Å². The monoisotopic (exact) mass is 229 g/mol. The Bertz CT molecular complexity index is 216. The van der Waals surface area contributed by atoms with Crippen molar-refractivity contribution in [3.05, 3.63) is 0 Å². The Morgan fingerprint density at radius 1 is 1.60 bits per heavy atom. The SMILES string of the molecule is CCC1CCSC(=NCC(C)N(C)C)N1. The highest BCUT2D eigenvalue weighted by molar-refractivity contribution is 8.13. The minimum absolute atomic E-state index is 0.516. The highest BCUT2D eigenvalue weighted by atomic mass is 32.2. The largest absolute Gasteiger partial charge is 0.362 e. The maximum absolute atomic E-state index is 4.63. The minimum Gasteiger partial charge on any atom is -0.362 e. The van der Waals surface area contributed by atoms with Gasteiger partial charge in [-0.3, -0.25) is 4.99 Å². The lowest BCUT2D eigenvalue weighted by atomic mass is 10.2. The molecule has 2 atom stereocenters. The van der Waals surface area contributed by atoms with Crippen LogP contribution in [0.4, 0.5) is 0 Å². The van der Waals surface area contributed by atoms with Crippen LogP contribution in [0.5, 0.6) is 0 Å². The first kappa shape index (κ1) is 12.8. The molecule has 0 aliphatic carbocycles. The first-order valence-corrected chi connectivity index (χ1v) is 6.72. The maximum Gasteiger partial charge on any atom is 0.156 e. The second-order valence-corrected chi connectivity index (χ2v) is 5.43. The Kier molecular flexibility index (Phi) is 5.47. The molecule has 0 amide bonds. The third-order valence-electron chi connectivity index (χ3n) is 2.91. The van der Waals surface area contributed by atoms with Crippen molar-refractivity contribution in [1.29, 1.82) is 0 Å². The molecule has 1 saturated heterocycles. The number of thioether (sulfide) groups is 1. The fourth-order valence-corrected chi connectivity index (χ4v) is 2.37. The van der Waals surface area contributed by atoms with Crippen molar-refractivity contribution in [3.8, 4) is 0 Å². The molecule has 4 heteroatoms. The van der Waals surface area contributed by atoms with Gasteiger partial charge in [0.2, 0.25) is 0 Å². The molecule has 0 spiro atoms. The van der Waals surface area contributed by atoms with Gasteiger partial charge in [0.25, 0.3) is 0 Å². The number of amidine groups is 1. The summed E-state index contributed by atoms with van der Waals surface area (Å²) >= 11 is 1.86. The molecule has 15 heavy (non-hydrogen) atoms. The van der Waals surface area contributed by atoms with Crippen LogP contribution in [-0.2, 0) is 0 Å². The van der Waals surface area contributed by atoms with Gasteiger partial charge < -0.3 is 10.2 Å². The van der Waals surface area contributed by atoms with E-state index in [-0.39, 0.29) is 0 Å². The molecule has 1 N–H and O–H groups in total. The molecule has 3 nitrogen and oxygen atoms in total. The van der Waals surface area contributed by atoms with Crippen LogP contribution in [0.2, 0.25) is 0 Å². The number of nitrogens with zero attached hydrogens (tertiary/aromatic N) is 2. The van der Waals surface area contributed by atoms with Crippen molar-refractivity contribution < 1.29 is 0 Å². The number of rotatable bonds is 4. The summed E-state index contributed by atoms with van der Waals surface area (Å²) in [6.07, 6.45) is 2.46. The van der Waals surface area contributed by atoms with Crippen LogP contribution in [-0.4, -0.2) is 48.5 Å². The lowest BCUT2D eigenvalue weighted by Gasteiger charge is -2.25. The molecule has 0 radical (unpaired) electrons. The molecule has 0 bridgehead atoms. The zero-order chi connectivity index (χ0) is 11.3. The number of hydrogen-bond acceptors (Lipinski definition) is 3. The second kappa shape index (κ2) is 6.38. The molecule has 1 aliphatic rings. The van der Waals surface area contributed by atoms with Gasteiger partial charge in [-0.25, -0.2) is 0 Å². The Balaban J connectivity index is 2.38. The Morgan fingerprint density at radius 3 is 2.93 bits per heavy atom. The number of aliphatic imine (C=N–C) groups is 1. The highest BCUT2D eigenvalue weighted by Crippen LogP contribution is 2.15. The molecule has 0 saturated carbocycles. The van der Waals surface area contributed by atoms with E-state index in [0.717, 1.165) is 11.7 Å². The summed E-state index contributed by atoms with van der Waals surface area (Å²) in [6.45, 7) is 5.32. The normalized spacial score (nSPS) is 26.7. The molecule has 1 aliphatic heterocycles. The van der Waals surface area contributed by atoms with E-state index >= 15 is 0 Å².